The monoisotopic (exact) mass is 147 g/mol. The molecule has 2 nitrogen and oxygen atoms in total. The molecule has 0 saturated carbocycles. The Hall–Kier alpha value is -0.150. The molecule has 1 saturated heterocycles. The van der Waals surface area contributed by atoms with Gasteiger partial charge in [-0.05, 0) is 0 Å². The average molecular weight is 147 g/mol. The van der Waals surface area contributed by atoms with Crippen LogP contribution in [0.25, 0.3) is 0 Å². The highest BCUT2D eigenvalue weighted by atomic mass is 19.1. The lowest BCUT2D eigenvalue weighted by atomic mass is 9.81. The number of aliphatic hydroxyl groups excluding tert-OH is 1. The van der Waals surface area contributed by atoms with E-state index in [2.05, 4.69) is 5.32 Å². The normalized spacial score (nSPS) is 39.6. The van der Waals surface area contributed by atoms with Gasteiger partial charge in [0.2, 0.25) is 0 Å². The van der Waals surface area contributed by atoms with Crippen molar-refractivity contribution in [3.05, 3.63) is 0 Å². The molecule has 1 aliphatic rings. The number of piperidine rings is 1. The van der Waals surface area contributed by atoms with Crippen molar-refractivity contribution in [2.75, 3.05) is 13.1 Å². The van der Waals surface area contributed by atoms with Gasteiger partial charge in [-0.2, -0.15) is 0 Å². The van der Waals surface area contributed by atoms with Crippen molar-refractivity contribution < 1.29 is 9.50 Å². The molecule has 1 rings (SSSR count). The van der Waals surface area contributed by atoms with Crippen molar-refractivity contribution >= 4 is 0 Å². The average Bonchev–Trinajstić information content (AvgIpc) is 1.83. The molecule has 0 spiro atoms. The molecule has 0 radical (unpaired) electrons. The lowest BCUT2D eigenvalue weighted by Crippen LogP contribution is -2.53. The van der Waals surface area contributed by atoms with Gasteiger partial charge in [-0.15, -0.1) is 0 Å². The maximum Gasteiger partial charge on any atom is 0.139 e. The van der Waals surface area contributed by atoms with Crippen LogP contribution in [-0.4, -0.2) is 30.5 Å². The molecule has 60 valence electrons. The van der Waals surface area contributed by atoms with Gasteiger partial charge in [0, 0.05) is 18.5 Å². The SMILES string of the molecule is CC1(C)CNC[C@@H](F)C1O. The fourth-order valence-corrected chi connectivity index (χ4v) is 1.24. The first-order valence-corrected chi connectivity index (χ1v) is 3.57. The maximum absolute atomic E-state index is 12.8. The molecular weight excluding hydrogens is 133 g/mol. The van der Waals surface area contributed by atoms with Crippen LogP contribution in [0.2, 0.25) is 0 Å². The summed E-state index contributed by atoms with van der Waals surface area (Å²) in [6, 6.07) is 0. The first-order chi connectivity index (χ1) is 4.54. The van der Waals surface area contributed by atoms with Crippen molar-refractivity contribution in [1.29, 1.82) is 0 Å². The van der Waals surface area contributed by atoms with E-state index in [4.69, 9.17) is 0 Å². The van der Waals surface area contributed by atoms with Gasteiger partial charge in [0.15, 0.2) is 0 Å². The number of alkyl halides is 1. The highest BCUT2D eigenvalue weighted by Crippen LogP contribution is 2.26. The van der Waals surface area contributed by atoms with E-state index in [9.17, 15) is 9.50 Å². The molecule has 2 atom stereocenters. The minimum absolute atomic E-state index is 0.282. The second kappa shape index (κ2) is 2.47. The third kappa shape index (κ3) is 1.30. The zero-order chi connectivity index (χ0) is 7.78. The second-order valence-corrected chi connectivity index (χ2v) is 3.58. The molecule has 0 aliphatic carbocycles. The highest BCUT2D eigenvalue weighted by Gasteiger charge is 2.37. The quantitative estimate of drug-likeness (QED) is 0.517. The van der Waals surface area contributed by atoms with Crippen LogP contribution in [0, 0.1) is 5.41 Å². The number of hydrogen-bond donors (Lipinski definition) is 2. The summed E-state index contributed by atoms with van der Waals surface area (Å²) in [7, 11) is 0. The summed E-state index contributed by atoms with van der Waals surface area (Å²) in [6.07, 6.45) is -1.92. The number of halogens is 1. The Kier molecular flexibility index (Phi) is 1.97. The van der Waals surface area contributed by atoms with E-state index in [1.165, 1.54) is 0 Å². The lowest BCUT2D eigenvalue weighted by molar-refractivity contribution is -0.0346. The van der Waals surface area contributed by atoms with Gasteiger partial charge in [-0.25, -0.2) is 4.39 Å². The van der Waals surface area contributed by atoms with Gasteiger partial charge in [-0.1, -0.05) is 13.8 Å². The van der Waals surface area contributed by atoms with Gasteiger partial charge in [0.1, 0.15) is 6.17 Å². The molecule has 0 aromatic carbocycles. The van der Waals surface area contributed by atoms with E-state index in [0.717, 1.165) is 0 Å². The maximum atomic E-state index is 12.8. The molecule has 0 aromatic heterocycles. The Bertz CT molecular complexity index is 127. The summed E-state index contributed by atoms with van der Waals surface area (Å²) in [5.74, 6) is 0. The van der Waals surface area contributed by atoms with E-state index >= 15 is 0 Å². The van der Waals surface area contributed by atoms with Gasteiger partial charge >= 0.3 is 0 Å². The number of hydrogen-bond acceptors (Lipinski definition) is 2. The zero-order valence-electron chi connectivity index (χ0n) is 6.39. The first-order valence-electron chi connectivity index (χ1n) is 3.57. The Morgan fingerprint density at radius 1 is 1.60 bits per heavy atom. The summed E-state index contributed by atoms with van der Waals surface area (Å²) in [4.78, 5) is 0. The molecule has 10 heavy (non-hydrogen) atoms. The third-order valence-corrected chi connectivity index (χ3v) is 2.06. The largest absolute Gasteiger partial charge is 0.389 e. The molecule has 0 amide bonds. The van der Waals surface area contributed by atoms with Crippen molar-refractivity contribution in [3.63, 3.8) is 0 Å². The van der Waals surface area contributed by atoms with Crippen molar-refractivity contribution in [2.24, 2.45) is 5.41 Å². The number of nitrogens with one attached hydrogen (secondary N) is 1. The highest BCUT2D eigenvalue weighted by molar-refractivity contribution is 4.90. The summed E-state index contributed by atoms with van der Waals surface area (Å²) in [5.41, 5.74) is -0.322. The Balaban J connectivity index is 2.60. The van der Waals surface area contributed by atoms with Gasteiger partial charge in [0.05, 0.1) is 6.10 Å². The Morgan fingerprint density at radius 3 is 2.60 bits per heavy atom. The topological polar surface area (TPSA) is 32.3 Å². The molecule has 1 heterocycles. The number of rotatable bonds is 0. The fourth-order valence-electron chi connectivity index (χ4n) is 1.24. The minimum Gasteiger partial charge on any atom is -0.389 e. The van der Waals surface area contributed by atoms with E-state index in [0.29, 0.717) is 6.54 Å². The summed E-state index contributed by atoms with van der Waals surface area (Å²) >= 11 is 0. The van der Waals surface area contributed by atoms with Crippen LogP contribution >= 0.6 is 0 Å². The van der Waals surface area contributed by atoms with Gasteiger partial charge in [0.25, 0.3) is 0 Å². The smallest absolute Gasteiger partial charge is 0.139 e. The predicted octanol–water partition coefficient (Wildman–Crippen LogP) is 0.315. The predicted molar refractivity (Wildman–Crippen MR) is 37.6 cm³/mol. The third-order valence-electron chi connectivity index (χ3n) is 2.06. The Morgan fingerprint density at radius 2 is 2.20 bits per heavy atom. The molecule has 0 aromatic rings. The molecule has 2 N–H and O–H groups in total. The summed E-state index contributed by atoms with van der Waals surface area (Å²) in [6.45, 7) is 4.69. The summed E-state index contributed by atoms with van der Waals surface area (Å²) in [5, 5.41) is 12.2. The summed E-state index contributed by atoms with van der Waals surface area (Å²) < 4.78 is 12.8. The van der Waals surface area contributed by atoms with Gasteiger partial charge in [-0.3, -0.25) is 0 Å². The fraction of sp³-hybridized carbons (Fsp3) is 1.00. The zero-order valence-corrected chi connectivity index (χ0v) is 6.39. The van der Waals surface area contributed by atoms with Crippen LogP contribution < -0.4 is 5.32 Å². The van der Waals surface area contributed by atoms with Crippen LogP contribution in [0.4, 0.5) is 4.39 Å². The van der Waals surface area contributed by atoms with E-state index in [-0.39, 0.29) is 12.0 Å². The van der Waals surface area contributed by atoms with Crippen LogP contribution in [0.5, 0.6) is 0 Å². The molecule has 3 heteroatoms. The van der Waals surface area contributed by atoms with Crippen molar-refractivity contribution in [1.82, 2.24) is 5.32 Å². The molecular formula is C7H14FNO. The van der Waals surface area contributed by atoms with Crippen LogP contribution in [0.3, 0.4) is 0 Å². The first kappa shape index (κ1) is 7.95. The van der Waals surface area contributed by atoms with Crippen molar-refractivity contribution in [3.8, 4) is 0 Å². The number of aliphatic hydroxyl groups is 1. The molecule has 1 unspecified atom stereocenters. The van der Waals surface area contributed by atoms with Crippen LogP contribution in [-0.2, 0) is 0 Å². The van der Waals surface area contributed by atoms with Crippen LogP contribution in [0.15, 0.2) is 0 Å². The second-order valence-electron chi connectivity index (χ2n) is 3.58. The molecule has 0 bridgehead atoms. The molecule has 1 aliphatic heterocycles. The van der Waals surface area contributed by atoms with Gasteiger partial charge < -0.3 is 10.4 Å². The van der Waals surface area contributed by atoms with E-state index < -0.39 is 12.3 Å². The Labute approximate surface area is 60.4 Å². The van der Waals surface area contributed by atoms with E-state index in [1.807, 2.05) is 13.8 Å². The van der Waals surface area contributed by atoms with E-state index in [1.54, 1.807) is 0 Å². The minimum atomic E-state index is -1.11. The van der Waals surface area contributed by atoms with Crippen LogP contribution in [0.1, 0.15) is 13.8 Å². The molecule has 1 fully saturated rings. The van der Waals surface area contributed by atoms with Crippen molar-refractivity contribution in [2.45, 2.75) is 26.1 Å². The standard InChI is InChI=1S/C7H14FNO/c1-7(2)4-9-3-5(8)6(7)10/h5-6,9-10H,3-4H2,1-2H3/t5-,6?/m1/s1. The lowest BCUT2D eigenvalue weighted by Gasteiger charge is -2.37.